The molecule has 0 radical (unpaired) electrons. The smallest absolute Gasteiger partial charge is 0.315 e. The van der Waals surface area contributed by atoms with E-state index in [1.54, 1.807) is 13.3 Å². The number of aromatic nitrogens is 1. The van der Waals surface area contributed by atoms with Crippen molar-refractivity contribution >= 4 is 6.03 Å². The van der Waals surface area contributed by atoms with Crippen molar-refractivity contribution in [2.75, 3.05) is 7.11 Å². The van der Waals surface area contributed by atoms with Crippen molar-refractivity contribution in [2.45, 2.75) is 25.4 Å². The predicted octanol–water partition coefficient (Wildman–Crippen LogP) is 2.31. The number of hydrogen-bond acceptors (Lipinski definition) is 4. The number of benzene rings is 1. The van der Waals surface area contributed by atoms with Gasteiger partial charge in [0.05, 0.1) is 19.9 Å². The van der Waals surface area contributed by atoms with E-state index >= 15 is 0 Å². The molecule has 0 spiro atoms. The Morgan fingerprint density at radius 1 is 1.48 bits per heavy atom. The van der Waals surface area contributed by atoms with Crippen LogP contribution in [0, 0.1) is 0 Å². The van der Waals surface area contributed by atoms with Gasteiger partial charge in [-0.2, -0.15) is 0 Å². The van der Waals surface area contributed by atoms with E-state index in [0.29, 0.717) is 17.7 Å². The van der Waals surface area contributed by atoms with Crippen LogP contribution in [-0.2, 0) is 6.54 Å². The van der Waals surface area contributed by atoms with E-state index in [0.717, 1.165) is 24.2 Å². The zero-order chi connectivity index (χ0) is 14.7. The largest absolute Gasteiger partial charge is 0.497 e. The van der Waals surface area contributed by atoms with Crippen LogP contribution in [0.1, 0.15) is 18.7 Å². The number of hydrogen-bond donors (Lipinski definition) is 2. The summed E-state index contributed by atoms with van der Waals surface area (Å²) in [5.41, 5.74) is 0.885. The fraction of sp³-hybridized carbons (Fsp3) is 0.333. The lowest BCUT2D eigenvalue weighted by Crippen LogP contribution is -2.36. The van der Waals surface area contributed by atoms with Gasteiger partial charge in [0.25, 0.3) is 0 Å². The number of methoxy groups -OCH3 is 1. The maximum Gasteiger partial charge on any atom is 0.315 e. The first-order valence-electron chi connectivity index (χ1n) is 6.88. The number of nitrogens with one attached hydrogen (secondary N) is 2. The third-order valence-corrected chi connectivity index (χ3v) is 3.22. The average Bonchev–Trinajstić information content (AvgIpc) is 3.19. The van der Waals surface area contributed by atoms with Gasteiger partial charge in [-0.3, -0.25) is 0 Å². The highest BCUT2D eigenvalue weighted by Gasteiger charge is 2.23. The highest BCUT2D eigenvalue weighted by atomic mass is 16.5. The normalized spacial score (nSPS) is 13.8. The molecule has 2 amide bonds. The maximum atomic E-state index is 11.5. The fourth-order valence-electron chi connectivity index (χ4n) is 1.92. The first-order chi connectivity index (χ1) is 10.2. The van der Waals surface area contributed by atoms with Gasteiger partial charge in [0.1, 0.15) is 5.75 Å². The summed E-state index contributed by atoms with van der Waals surface area (Å²) in [6, 6.07) is 7.69. The van der Waals surface area contributed by atoms with Gasteiger partial charge in [0, 0.05) is 11.6 Å². The van der Waals surface area contributed by atoms with E-state index in [9.17, 15) is 4.79 Å². The number of carbonyl (C=O) groups excluding carboxylic acids is 1. The summed E-state index contributed by atoms with van der Waals surface area (Å²) in [5.74, 6) is 1.87. The zero-order valence-electron chi connectivity index (χ0n) is 11.8. The summed E-state index contributed by atoms with van der Waals surface area (Å²) >= 11 is 0. The number of ether oxygens (including phenoxy) is 1. The number of oxazole rings is 1. The van der Waals surface area contributed by atoms with Crippen LogP contribution < -0.4 is 15.4 Å². The minimum absolute atomic E-state index is 0.182. The summed E-state index contributed by atoms with van der Waals surface area (Å²) < 4.78 is 10.8. The lowest BCUT2D eigenvalue weighted by molar-refractivity contribution is 0.239. The molecule has 2 N–H and O–H groups in total. The predicted molar refractivity (Wildman–Crippen MR) is 76.9 cm³/mol. The summed E-state index contributed by atoms with van der Waals surface area (Å²) in [5, 5.41) is 5.57. The molecule has 1 aromatic carbocycles. The summed E-state index contributed by atoms with van der Waals surface area (Å²) in [6.07, 6.45) is 3.77. The molecule has 0 atom stereocenters. The van der Waals surface area contributed by atoms with E-state index in [1.807, 2.05) is 24.3 Å². The molecule has 6 heteroatoms. The Kier molecular flexibility index (Phi) is 3.77. The van der Waals surface area contributed by atoms with Gasteiger partial charge in [-0.1, -0.05) is 12.1 Å². The second kappa shape index (κ2) is 5.87. The van der Waals surface area contributed by atoms with Crippen molar-refractivity contribution in [2.24, 2.45) is 0 Å². The van der Waals surface area contributed by atoms with E-state index in [2.05, 4.69) is 15.6 Å². The first kappa shape index (κ1) is 13.5. The van der Waals surface area contributed by atoms with Gasteiger partial charge in [-0.25, -0.2) is 9.78 Å². The van der Waals surface area contributed by atoms with Crippen molar-refractivity contribution in [1.29, 1.82) is 0 Å². The molecule has 1 aliphatic rings. The molecule has 1 heterocycles. The van der Waals surface area contributed by atoms with Crippen LogP contribution in [0.2, 0.25) is 0 Å². The van der Waals surface area contributed by atoms with Crippen LogP contribution in [0.5, 0.6) is 5.75 Å². The first-order valence-corrected chi connectivity index (χ1v) is 6.88. The quantitative estimate of drug-likeness (QED) is 0.884. The van der Waals surface area contributed by atoms with E-state index in [-0.39, 0.29) is 12.6 Å². The van der Waals surface area contributed by atoms with Crippen molar-refractivity contribution in [3.63, 3.8) is 0 Å². The molecule has 1 aromatic heterocycles. The lowest BCUT2D eigenvalue weighted by atomic mass is 10.2. The average molecular weight is 287 g/mol. The third-order valence-electron chi connectivity index (χ3n) is 3.22. The Balaban J connectivity index is 1.60. The second-order valence-corrected chi connectivity index (χ2v) is 4.95. The molecule has 0 aliphatic heterocycles. The van der Waals surface area contributed by atoms with Crippen LogP contribution in [0.25, 0.3) is 11.3 Å². The molecule has 21 heavy (non-hydrogen) atoms. The zero-order valence-corrected chi connectivity index (χ0v) is 11.8. The molecule has 0 unspecified atom stereocenters. The Labute approximate surface area is 122 Å². The molecule has 1 saturated carbocycles. The molecular formula is C15H17N3O3. The number of carbonyl (C=O) groups is 1. The van der Waals surface area contributed by atoms with Gasteiger partial charge >= 0.3 is 6.03 Å². The van der Waals surface area contributed by atoms with Gasteiger partial charge in [-0.05, 0) is 25.0 Å². The van der Waals surface area contributed by atoms with Crippen molar-refractivity contribution in [3.05, 3.63) is 36.4 Å². The van der Waals surface area contributed by atoms with Crippen LogP contribution in [0.15, 0.2) is 34.9 Å². The topological polar surface area (TPSA) is 76.4 Å². The fourth-order valence-corrected chi connectivity index (χ4v) is 1.92. The van der Waals surface area contributed by atoms with Gasteiger partial charge in [0.15, 0.2) is 5.76 Å². The standard InChI is InChI=1S/C15H17N3O3/c1-20-12-4-2-3-10(7-12)13-8-16-14(21-13)9-17-15(19)18-11-5-6-11/h2-4,7-8,11H,5-6,9H2,1H3,(H2,17,18,19). The van der Waals surface area contributed by atoms with E-state index in [4.69, 9.17) is 9.15 Å². The van der Waals surface area contributed by atoms with Gasteiger partial charge in [-0.15, -0.1) is 0 Å². The minimum Gasteiger partial charge on any atom is -0.497 e. The van der Waals surface area contributed by atoms with E-state index < -0.39 is 0 Å². The third kappa shape index (κ3) is 3.53. The van der Waals surface area contributed by atoms with Crippen molar-refractivity contribution in [3.8, 4) is 17.1 Å². The summed E-state index contributed by atoms with van der Waals surface area (Å²) in [7, 11) is 1.62. The number of amides is 2. The molecule has 1 aliphatic carbocycles. The summed E-state index contributed by atoms with van der Waals surface area (Å²) in [6.45, 7) is 0.266. The Bertz CT molecular complexity index is 635. The monoisotopic (exact) mass is 287 g/mol. The highest BCUT2D eigenvalue weighted by molar-refractivity contribution is 5.74. The van der Waals surface area contributed by atoms with Crippen LogP contribution in [0.4, 0.5) is 4.79 Å². The Morgan fingerprint density at radius 2 is 2.33 bits per heavy atom. The molecule has 2 aromatic rings. The molecule has 1 fully saturated rings. The molecule has 3 rings (SSSR count). The molecule has 110 valence electrons. The van der Waals surface area contributed by atoms with Crippen LogP contribution in [0.3, 0.4) is 0 Å². The van der Waals surface area contributed by atoms with Gasteiger partial charge in [0.2, 0.25) is 5.89 Å². The molecule has 0 saturated heterocycles. The van der Waals surface area contributed by atoms with E-state index in [1.165, 1.54) is 0 Å². The summed E-state index contributed by atoms with van der Waals surface area (Å²) in [4.78, 5) is 15.7. The number of nitrogens with zero attached hydrogens (tertiary/aromatic N) is 1. The SMILES string of the molecule is COc1cccc(-c2cnc(CNC(=O)NC3CC3)o2)c1. The number of urea groups is 1. The maximum absolute atomic E-state index is 11.5. The minimum atomic E-state index is -0.182. The second-order valence-electron chi connectivity index (χ2n) is 4.95. The Hall–Kier alpha value is -2.50. The van der Waals surface area contributed by atoms with Crippen LogP contribution >= 0.6 is 0 Å². The molecule has 6 nitrogen and oxygen atoms in total. The van der Waals surface area contributed by atoms with Crippen LogP contribution in [-0.4, -0.2) is 24.2 Å². The van der Waals surface area contributed by atoms with Crippen molar-refractivity contribution < 1.29 is 13.9 Å². The van der Waals surface area contributed by atoms with Crippen molar-refractivity contribution in [1.82, 2.24) is 15.6 Å². The lowest BCUT2D eigenvalue weighted by Gasteiger charge is -2.04. The molecular weight excluding hydrogens is 270 g/mol. The number of rotatable bonds is 5. The Morgan fingerprint density at radius 3 is 3.10 bits per heavy atom. The molecule has 0 bridgehead atoms. The van der Waals surface area contributed by atoms with Gasteiger partial charge < -0.3 is 19.8 Å². The highest BCUT2D eigenvalue weighted by Crippen LogP contribution is 2.24.